The fourth-order valence-corrected chi connectivity index (χ4v) is 3.97. The Morgan fingerprint density at radius 2 is 1.69 bits per heavy atom. The zero-order chi connectivity index (χ0) is 18.4. The minimum Gasteiger partial charge on any atom is -0.415 e. The van der Waals surface area contributed by atoms with Crippen molar-refractivity contribution >= 4 is 19.2 Å². The molecule has 0 radical (unpaired) electrons. The number of nitrogens with zero attached hydrogens (tertiary/aromatic N) is 2. The first-order valence-electron chi connectivity index (χ1n) is 8.14. The first kappa shape index (κ1) is 18.9. The minimum atomic E-state index is -3.52. The van der Waals surface area contributed by atoms with Crippen molar-refractivity contribution in [3.05, 3.63) is 47.3 Å². The summed E-state index contributed by atoms with van der Waals surface area (Å²) < 4.78 is 33.6. The molecule has 0 aliphatic carbocycles. The maximum absolute atomic E-state index is 12.3. The number of benzene rings is 1. The van der Waals surface area contributed by atoms with Gasteiger partial charge in [0, 0.05) is 5.56 Å². The lowest BCUT2D eigenvalue weighted by atomic mass is 10.1. The lowest BCUT2D eigenvalue weighted by Gasteiger charge is -2.16. The van der Waals surface area contributed by atoms with Gasteiger partial charge in [-0.05, 0) is 43.0 Å². The highest BCUT2D eigenvalue weighted by Gasteiger charge is 2.25. The molecule has 0 saturated heterocycles. The molecule has 0 aliphatic heterocycles. The summed E-state index contributed by atoms with van der Waals surface area (Å²) in [5, 5.41) is 10.1. The molecule has 3 aromatic rings. The van der Waals surface area contributed by atoms with E-state index in [0.29, 0.717) is 11.8 Å². The van der Waals surface area contributed by atoms with E-state index < -0.39 is 7.82 Å². The van der Waals surface area contributed by atoms with Gasteiger partial charge in [-0.2, -0.15) is 0 Å². The van der Waals surface area contributed by atoms with Gasteiger partial charge in [0.1, 0.15) is 0 Å². The summed E-state index contributed by atoms with van der Waals surface area (Å²) >= 11 is 1.54. The van der Waals surface area contributed by atoms with Crippen LogP contribution in [0.15, 0.2) is 46.2 Å². The van der Waals surface area contributed by atoms with Gasteiger partial charge in [0.25, 0.3) is 5.89 Å². The van der Waals surface area contributed by atoms with Crippen LogP contribution in [0.25, 0.3) is 22.2 Å². The van der Waals surface area contributed by atoms with Gasteiger partial charge in [0.2, 0.25) is 5.89 Å². The molecule has 0 bridgehead atoms. The Hall–Kier alpha value is -1.83. The third-order valence-electron chi connectivity index (χ3n) is 3.32. The Balaban J connectivity index is 1.66. The van der Waals surface area contributed by atoms with Crippen molar-refractivity contribution in [1.82, 2.24) is 10.2 Å². The molecule has 0 unspecified atom stereocenters. The van der Waals surface area contributed by atoms with E-state index in [1.807, 2.05) is 41.8 Å². The minimum absolute atomic E-state index is 0.113. The molecule has 2 heterocycles. The average molecular weight is 394 g/mol. The van der Waals surface area contributed by atoms with E-state index in [2.05, 4.69) is 10.2 Å². The monoisotopic (exact) mass is 394 g/mol. The zero-order valence-electron chi connectivity index (χ0n) is 14.5. The molecule has 0 N–H and O–H groups in total. The topological polar surface area (TPSA) is 83.7 Å². The van der Waals surface area contributed by atoms with E-state index in [0.717, 1.165) is 16.0 Å². The predicted molar refractivity (Wildman–Crippen MR) is 98.7 cm³/mol. The third kappa shape index (κ3) is 4.66. The molecule has 138 valence electrons. The van der Waals surface area contributed by atoms with Gasteiger partial charge in [-0.25, -0.2) is 4.57 Å². The van der Waals surface area contributed by atoms with Gasteiger partial charge in [0.15, 0.2) is 0 Å². The van der Waals surface area contributed by atoms with Crippen LogP contribution in [0.2, 0.25) is 0 Å². The van der Waals surface area contributed by atoms with Crippen LogP contribution in [0.3, 0.4) is 0 Å². The van der Waals surface area contributed by atoms with Gasteiger partial charge in [-0.3, -0.25) is 13.6 Å². The fraction of sp³-hybridized carbons (Fsp3) is 0.294. The summed E-state index contributed by atoms with van der Waals surface area (Å²) in [7, 11) is -3.52. The van der Waals surface area contributed by atoms with Crippen LogP contribution in [0.4, 0.5) is 0 Å². The molecule has 26 heavy (non-hydrogen) atoms. The van der Waals surface area contributed by atoms with Crippen molar-refractivity contribution in [2.24, 2.45) is 0 Å². The predicted octanol–water partition coefficient (Wildman–Crippen LogP) is 5.16. The molecule has 3 rings (SSSR count). The zero-order valence-corrected chi connectivity index (χ0v) is 16.2. The number of thiophene rings is 1. The molecule has 2 aromatic heterocycles. The molecule has 9 heteroatoms. The maximum Gasteiger partial charge on any atom is 0.475 e. The van der Waals surface area contributed by atoms with E-state index in [1.54, 1.807) is 25.2 Å². The number of phosphoric acid groups is 1. The maximum atomic E-state index is 12.3. The molecule has 0 amide bonds. The highest BCUT2D eigenvalue weighted by molar-refractivity contribution is 7.48. The number of rotatable bonds is 9. The molecule has 0 saturated carbocycles. The molecule has 0 fully saturated rings. The molecule has 0 atom stereocenters. The Bertz CT molecular complexity index is 854. The van der Waals surface area contributed by atoms with E-state index in [9.17, 15) is 4.57 Å². The van der Waals surface area contributed by atoms with E-state index in [-0.39, 0.29) is 19.8 Å². The lowest BCUT2D eigenvalue weighted by molar-refractivity contribution is 0.116. The van der Waals surface area contributed by atoms with E-state index >= 15 is 0 Å². The van der Waals surface area contributed by atoms with Crippen LogP contribution in [-0.4, -0.2) is 23.4 Å². The normalized spacial score (nSPS) is 11.8. The SMILES string of the molecule is CCOP(=O)(OCC)OCc1ccc(-c2nnc(-c3cccs3)o2)cc1. The van der Waals surface area contributed by atoms with Crippen molar-refractivity contribution in [3.8, 4) is 22.2 Å². The number of hydrogen-bond acceptors (Lipinski definition) is 8. The summed E-state index contributed by atoms with van der Waals surface area (Å²) in [5.74, 6) is 0.937. The quantitative estimate of drug-likeness (QED) is 0.463. The molecular weight excluding hydrogens is 375 g/mol. The smallest absolute Gasteiger partial charge is 0.415 e. The van der Waals surface area contributed by atoms with Crippen LogP contribution in [0.5, 0.6) is 0 Å². The molecule has 1 aromatic carbocycles. The summed E-state index contributed by atoms with van der Waals surface area (Å²) in [5.41, 5.74) is 1.62. The molecule has 0 spiro atoms. The Labute approximate surface area is 155 Å². The summed E-state index contributed by atoms with van der Waals surface area (Å²) in [6.45, 7) is 4.08. The van der Waals surface area contributed by atoms with Gasteiger partial charge >= 0.3 is 7.82 Å². The van der Waals surface area contributed by atoms with Crippen LogP contribution in [-0.2, 0) is 24.7 Å². The van der Waals surface area contributed by atoms with Crippen molar-refractivity contribution in [2.75, 3.05) is 13.2 Å². The van der Waals surface area contributed by atoms with Crippen LogP contribution < -0.4 is 0 Å². The number of phosphoric ester groups is 1. The second-order valence-electron chi connectivity index (χ2n) is 5.14. The number of aromatic nitrogens is 2. The van der Waals surface area contributed by atoms with Gasteiger partial charge < -0.3 is 4.42 Å². The van der Waals surface area contributed by atoms with Gasteiger partial charge in [-0.15, -0.1) is 21.5 Å². The van der Waals surface area contributed by atoms with Crippen LogP contribution in [0, 0.1) is 0 Å². The summed E-state index contributed by atoms with van der Waals surface area (Å²) in [6.07, 6.45) is 0. The van der Waals surface area contributed by atoms with Crippen molar-refractivity contribution in [1.29, 1.82) is 0 Å². The Morgan fingerprint density at radius 1 is 1.00 bits per heavy atom. The third-order valence-corrected chi connectivity index (χ3v) is 5.77. The second-order valence-corrected chi connectivity index (χ2v) is 7.76. The Kier molecular flexibility index (Phi) is 6.34. The molecular formula is C17H19N2O5PS. The summed E-state index contributed by atoms with van der Waals surface area (Å²) in [6, 6.07) is 11.2. The molecule has 7 nitrogen and oxygen atoms in total. The Morgan fingerprint density at radius 3 is 2.31 bits per heavy atom. The summed E-state index contributed by atoms with van der Waals surface area (Å²) in [4.78, 5) is 0.927. The fourth-order valence-electron chi connectivity index (χ4n) is 2.16. The first-order valence-corrected chi connectivity index (χ1v) is 10.5. The largest absolute Gasteiger partial charge is 0.475 e. The van der Waals surface area contributed by atoms with Crippen molar-refractivity contribution < 1.29 is 22.6 Å². The number of hydrogen-bond donors (Lipinski definition) is 0. The van der Waals surface area contributed by atoms with Gasteiger partial charge in [-0.1, -0.05) is 18.2 Å². The molecule has 0 aliphatic rings. The highest BCUT2D eigenvalue weighted by Crippen LogP contribution is 2.49. The van der Waals surface area contributed by atoms with E-state index in [4.69, 9.17) is 18.0 Å². The van der Waals surface area contributed by atoms with Crippen LogP contribution in [0.1, 0.15) is 19.4 Å². The van der Waals surface area contributed by atoms with Crippen molar-refractivity contribution in [2.45, 2.75) is 20.5 Å². The van der Waals surface area contributed by atoms with Crippen molar-refractivity contribution in [3.63, 3.8) is 0 Å². The highest BCUT2D eigenvalue weighted by atomic mass is 32.1. The second kappa shape index (κ2) is 8.70. The standard InChI is InChI=1S/C17H19N2O5PS/c1-3-21-25(20,22-4-2)23-12-13-7-9-14(10-8-13)16-18-19-17(24-16)15-6-5-11-26-15/h5-11H,3-4,12H2,1-2H3. The lowest BCUT2D eigenvalue weighted by Crippen LogP contribution is -2.00. The average Bonchev–Trinajstić information content (AvgIpc) is 3.32. The van der Waals surface area contributed by atoms with E-state index in [1.165, 1.54) is 0 Å². The first-order chi connectivity index (χ1) is 12.6. The van der Waals surface area contributed by atoms with Gasteiger partial charge in [0.05, 0.1) is 24.7 Å². The van der Waals surface area contributed by atoms with Crippen LogP contribution >= 0.6 is 19.2 Å².